The summed E-state index contributed by atoms with van der Waals surface area (Å²) < 4.78 is 6.64. The summed E-state index contributed by atoms with van der Waals surface area (Å²) >= 11 is 0. The van der Waals surface area contributed by atoms with Crippen molar-refractivity contribution in [3.05, 3.63) is 53.3 Å². The first-order valence-corrected chi connectivity index (χ1v) is 9.24. The van der Waals surface area contributed by atoms with Crippen molar-refractivity contribution in [2.45, 2.75) is 32.6 Å². The molecule has 1 unspecified atom stereocenters. The van der Waals surface area contributed by atoms with Crippen molar-refractivity contribution in [2.24, 2.45) is 12.5 Å². The molecule has 1 fully saturated rings. The van der Waals surface area contributed by atoms with Crippen LogP contribution >= 0.6 is 0 Å². The molecule has 0 aliphatic carbocycles. The highest BCUT2D eigenvalue weighted by molar-refractivity contribution is 5.91. The molecule has 1 aromatic heterocycles. The van der Waals surface area contributed by atoms with E-state index in [2.05, 4.69) is 18.9 Å². The molecule has 1 aliphatic rings. The number of nitrogens with zero attached hydrogens (tertiary/aromatic N) is 3. The summed E-state index contributed by atoms with van der Waals surface area (Å²) in [6.45, 7) is 5.83. The van der Waals surface area contributed by atoms with Gasteiger partial charge in [-0.05, 0) is 29.0 Å². The van der Waals surface area contributed by atoms with Gasteiger partial charge in [0.1, 0.15) is 0 Å². The van der Waals surface area contributed by atoms with Gasteiger partial charge in [-0.15, -0.1) is 0 Å². The minimum absolute atomic E-state index is 0.00260. The first-order valence-electron chi connectivity index (χ1n) is 9.24. The Kier molecular flexibility index (Phi) is 5.35. The average molecular weight is 369 g/mol. The number of benzene rings is 1. The normalized spacial score (nSPS) is 18.5. The van der Waals surface area contributed by atoms with Crippen LogP contribution in [0.3, 0.4) is 0 Å². The Balaban J connectivity index is 1.67. The number of methoxy groups -OCH3 is 1. The summed E-state index contributed by atoms with van der Waals surface area (Å²) in [5, 5.41) is 4.28. The molecule has 1 saturated heterocycles. The van der Waals surface area contributed by atoms with Crippen LogP contribution in [-0.4, -0.2) is 46.8 Å². The predicted molar refractivity (Wildman–Crippen MR) is 102 cm³/mol. The number of ether oxygens (including phenoxy) is 1. The highest BCUT2D eigenvalue weighted by Gasteiger charge is 2.42. The van der Waals surface area contributed by atoms with Crippen LogP contribution in [0.5, 0.6) is 0 Å². The molecular weight excluding hydrogens is 342 g/mol. The lowest BCUT2D eigenvalue weighted by atomic mass is 9.79. The molecule has 0 bridgehead atoms. The number of likely N-dealkylation sites (tertiary alicyclic amines) is 1. The third kappa shape index (κ3) is 4.04. The van der Waals surface area contributed by atoms with Crippen molar-refractivity contribution in [1.29, 1.82) is 0 Å². The topological polar surface area (TPSA) is 64.4 Å². The quantitative estimate of drug-likeness (QED) is 0.760. The first-order chi connectivity index (χ1) is 12.8. The van der Waals surface area contributed by atoms with Crippen LogP contribution in [0.2, 0.25) is 0 Å². The van der Waals surface area contributed by atoms with Gasteiger partial charge >= 0.3 is 5.97 Å². The van der Waals surface area contributed by atoms with E-state index in [0.717, 1.165) is 12.1 Å². The lowest BCUT2D eigenvalue weighted by Crippen LogP contribution is -2.30. The van der Waals surface area contributed by atoms with Gasteiger partial charge < -0.3 is 9.64 Å². The zero-order chi connectivity index (χ0) is 19.6. The number of hydrogen-bond acceptors (Lipinski definition) is 4. The summed E-state index contributed by atoms with van der Waals surface area (Å²) in [7, 11) is 3.28. The molecule has 1 amide bonds. The van der Waals surface area contributed by atoms with Gasteiger partial charge in [-0.1, -0.05) is 32.0 Å². The van der Waals surface area contributed by atoms with Crippen LogP contribution in [-0.2, 0) is 23.0 Å². The van der Waals surface area contributed by atoms with Crippen molar-refractivity contribution in [3.8, 4) is 0 Å². The lowest BCUT2D eigenvalue weighted by Gasteiger charge is -2.24. The molecule has 0 saturated carbocycles. The zero-order valence-corrected chi connectivity index (χ0v) is 16.4. The Hall–Kier alpha value is -2.63. The third-order valence-corrected chi connectivity index (χ3v) is 5.46. The highest BCUT2D eigenvalue weighted by Crippen LogP contribution is 2.42. The molecule has 3 rings (SSSR count). The summed E-state index contributed by atoms with van der Waals surface area (Å²) in [5.74, 6) is 0.0311. The number of amides is 1. The maximum absolute atomic E-state index is 12.8. The first kappa shape index (κ1) is 19.1. The van der Waals surface area contributed by atoms with Crippen molar-refractivity contribution in [1.82, 2.24) is 14.7 Å². The smallest absolute Gasteiger partial charge is 0.338 e. The summed E-state index contributed by atoms with van der Waals surface area (Å²) in [6.07, 6.45) is 4.84. The molecular formula is C21H27N3O3. The van der Waals surface area contributed by atoms with Crippen LogP contribution < -0.4 is 0 Å². The van der Waals surface area contributed by atoms with Crippen LogP contribution in [0.1, 0.15) is 47.7 Å². The number of aryl methyl sites for hydroxylation is 2. The fourth-order valence-corrected chi connectivity index (χ4v) is 3.95. The number of hydrogen-bond donors (Lipinski definition) is 0. The average Bonchev–Trinajstić information content (AvgIpc) is 3.21. The van der Waals surface area contributed by atoms with Crippen molar-refractivity contribution in [3.63, 3.8) is 0 Å². The van der Waals surface area contributed by atoms with E-state index in [1.807, 2.05) is 36.5 Å². The molecule has 1 aliphatic heterocycles. The van der Waals surface area contributed by atoms with E-state index in [0.29, 0.717) is 24.9 Å². The molecule has 0 spiro atoms. The van der Waals surface area contributed by atoms with Gasteiger partial charge in [-0.2, -0.15) is 5.10 Å². The van der Waals surface area contributed by atoms with Gasteiger partial charge in [0.15, 0.2) is 0 Å². The van der Waals surface area contributed by atoms with Gasteiger partial charge in [0.2, 0.25) is 5.91 Å². The summed E-state index contributed by atoms with van der Waals surface area (Å²) in [5.41, 5.74) is 2.55. The molecule has 144 valence electrons. The van der Waals surface area contributed by atoms with E-state index in [1.54, 1.807) is 16.8 Å². The highest BCUT2D eigenvalue weighted by atomic mass is 16.5. The molecule has 1 atom stereocenters. The Morgan fingerprint density at radius 2 is 2.04 bits per heavy atom. The van der Waals surface area contributed by atoms with E-state index in [4.69, 9.17) is 4.74 Å². The standard InChI is InChI=1S/C21H27N3O3/c1-21(2)14-24(13-18(21)16-11-22-23(3)12-16)19(25)10-9-15-7-5-6-8-17(15)20(26)27-4/h5-8,11-12,18H,9-10,13-14H2,1-4H3. The second-order valence-corrected chi connectivity index (χ2v) is 7.91. The molecule has 0 N–H and O–H groups in total. The Morgan fingerprint density at radius 1 is 1.30 bits per heavy atom. The van der Waals surface area contributed by atoms with E-state index in [9.17, 15) is 9.59 Å². The molecule has 2 heterocycles. The van der Waals surface area contributed by atoms with Crippen molar-refractivity contribution < 1.29 is 14.3 Å². The van der Waals surface area contributed by atoms with E-state index < -0.39 is 0 Å². The van der Waals surface area contributed by atoms with Crippen LogP contribution in [0.4, 0.5) is 0 Å². The lowest BCUT2D eigenvalue weighted by molar-refractivity contribution is -0.130. The molecule has 1 aromatic carbocycles. The Morgan fingerprint density at radius 3 is 2.70 bits per heavy atom. The maximum Gasteiger partial charge on any atom is 0.338 e. The number of esters is 1. The molecule has 6 nitrogen and oxygen atoms in total. The molecule has 6 heteroatoms. The minimum atomic E-state index is -0.364. The van der Waals surface area contributed by atoms with Crippen LogP contribution in [0.15, 0.2) is 36.7 Å². The SMILES string of the molecule is COC(=O)c1ccccc1CCC(=O)N1CC(c2cnn(C)c2)C(C)(C)C1. The predicted octanol–water partition coefficient (Wildman–Crippen LogP) is 2.79. The van der Waals surface area contributed by atoms with E-state index in [-0.39, 0.29) is 23.2 Å². The fraction of sp³-hybridized carbons (Fsp3) is 0.476. The largest absolute Gasteiger partial charge is 0.465 e. The summed E-state index contributed by atoms with van der Waals surface area (Å²) in [6, 6.07) is 7.30. The zero-order valence-electron chi connectivity index (χ0n) is 16.4. The van der Waals surface area contributed by atoms with Gasteiger partial charge in [0, 0.05) is 38.7 Å². The number of rotatable bonds is 5. The maximum atomic E-state index is 12.8. The Bertz CT molecular complexity index is 841. The molecule has 2 aromatic rings. The number of carbonyl (C=O) groups excluding carboxylic acids is 2. The van der Waals surface area contributed by atoms with Gasteiger partial charge in [0.05, 0.1) is 18.9 Å². The van der Waals surface area contributed by atoms with Gasteiger partial charge in [-0.3, -0.25) is 9.48 Å². The minimum Gasteiger partial charge on any atom is -0.465 e. The van der Waals surface area contributed by atoms with Crippen molar-refractivity contribution in [2.75, 3.05) is 20.2 Å². The van der Waals surface area contributed by atoms with E-state index in [1.165, 1.54) is 12.7 Å². The van der Waals surface area contributed by atoms with Crippen LogP contribution in [0.25, 0.3) is 0 Å². The third-order valence-electron chi connectivity index (χ3n) is 5.46. The number of carbonyl (C=O) groups is 2. The number of aromatic nitrogens is 2. The van der Waals surface area contributed by atoms with Gasteiger partial charge in [0.25, 0.3) is 0 Å². The molecule has 27 heavy (non-hydrogen) atoms. The molecule has 0 radical (unpaired) electrons. The summed E-state index contributed by atoms with van der Waals surface area (Å²) in [4.78, 5) is 26.7. The van der Waals surface area contributed by atoms with Gasteiger partial charge in [-0.25, -0.2) is 4.79 Å². The van der Waals surface area contributed by atoms with Crippen molar-refractivity contribution >= 4 is 11.9 Å². The fourth-order valence-electron chi connectivity index (χ4n) is 3.95. The van der Waals surface area contributed by atoms with E-state index >= 15 is 0 Å². The van der Waals surface area contributed by atoms with Crippen LogP contribution in [0, 0.1) is 5.41 Å². The monoisotopic (exact) mass is 369 g/mol. The second kappa shape index (κ2) is 7.55. The Labute approximate surface area is 160 Å². The second-order valence-electron chi connectivity index (χ2n) is 7.91.